The normalized spacial score (nSPS) is 21.4. The van der Waals surface area contributed by atoms with Gasteiger partial charge in [0.2, 0.25) is 16.1 Å². The molecule has 1 unspecified atom stereocenters. The second-order valence-electron chi connectivity index (χ2n) is 9.37. The van der Waals surface area contributed by atoms with Gasteiger partial charge < -0.3 is 19.0 Å². The van der Waals surface area contributed by atoms with E-state index in [-0.39, 0.29) is 23.3 Å². The van der Waals surface area contributed by atoms with Crippen LogP contribution in [0.5, 0.6) is 17.2 Å². The minimum atomic E-state index is -3.82. The lowest BCUT2D eigenvalue weighted by atomic mass is 9.96. The molecule has 38 heavy (non-hydrogen) atoms. The fourth-order valence-electron chi connectivity index (χ4n) is 4.94. The Bertz CT molecular complexity index is 1300. The van der Waals surface area contributed by atoms with E-state index in [2.05, 4.69) is 41.7 Å². The van der Waals surface area contributed by atoms with E-state index in [0.29, 0.717) is 37.8 Å². The van der Waals surface area contributed by atoms with Gasteiger partial charge in [-0.3, -0.25) is 0 Å². The fourth-order valence-corrected chi connectivity index (χ4v) is 7.82. The smallest absolute Gasteiger partial charge is 0.349 e. The van der Waals surface area contributed by atoms with Crippen LogP contribution in [-0.4, -0.2) is 46.5 Å². The first-order valence-corrected chi connectivity index (χ1v) is 15.4. The summed E-state index contributed by atoms with van der Waals surface area (Å²) in [5.41, 5.74) is 0.667. The fraction of sp³-hybridized carbons (Fsp3) is 0.462. The lowest BCUT2D eigenvalue weighted by molar-refractivity contribution is -0.155. The van der Waals surface area contributed by atoms with Crippen LogP contribution in [0.2, 0.25) is 0 Å². The quantitative estimate of drug-likeness (QED) is 0.183. The van der Waals surface area contributed by atoms with Gasteiger partial charge in [0, 0.05) is 12.1 Å². The number of fused-ring (bicyclic) bond motifs is 2. The molecule has 0 aromatic heterocycles. The van der Waals surface area contributed by atoms with Gasteiger partial charge in [-0.25, -0.2) is 17.9 Å². The van der Waals surface area contributed by atoms with Crippen molar-refractivity contribution in [2.75, 3.05) is 13.7 Å². The predicted molar refractivity (Wildman–Crippen MR) is 149 cm³/mol. The first-order chi connectivity index (χ1) is 18.1. The second-order valence-corrected chi connectivity index (χ2v) is 12.8. The van der Waals surface area contributed by atoms with Gasteiger partial charge in [-0.15, -0.1) is 0 Å². The van der Waals surface area contributed by atoms with Crippen molar-refractivity contribution in [2.24, 2.45) is 17.0 Å². The third kappa shape index (κ3) is 6.70. The first kappa shape index (κ1) is 28.8. The molecule has 2 aliphatic rings. The van der Waals surface area contributed by atoms with Gasteiger partial charge in [0.05, 0.1) is 28.9 Å². The minimum absolute atomic E-state index is 0.0316. The molecule has 2 aromatic rings. The number of ether oxygens (including phenoxy) is 3. The van der Waals surface area contributed by atoms with Gasteiger partial charge in [-0.2, -0.15) is 0 Å². The Morgan fingerprint density at radius 2 is 1.92 bits per heavy atom. The van der Waals surface area contributed by atoms with Crippen LogP contribution in [-0.2, 0) is 24.4 Å². The van der Waals surface area contributed by atoms with E-state index in [1.165, 1.54) is 25.8 Å². The number of benzene rings is 2. The molecule has 2 saturated carbocycles. The maximum absolute atomic E-state index is 13.3. The lowest BCUT2D eigenvalue weighted by Gasteiger charge is -2.23. The van der Waals surface area contributed by atoms with Gasteiger partial charge in [-0.05, 0) is 107 Å². The Kier molecular flexibility index (Phi) is 9.38. The van der Waals surface area contributed by atoms with Crippen molar-refractivity contribution in [1.82, 2.24) is 4.72 Å². The maximum atomic E-state index is 13.3. The summed E-state index contributed by atoms with van der Waals surface area (Å²) in [6, 6.07) is 8.14. The summed E-state index contributed by atoms with van der Waals surface area (Å²) < 4.78 is 47.1. The van der Waals surface area contributed by atoms with Crippen molar-refractivity contribution in [3.8, 4) is 17.2 Å². The number of esters is 1. The van der Waals surface area contributed by atoms with E-state index in [1.54, 1.807) is 38.1 Å². The molecule has 1 N–H and O–H groups in total. The van der Waals surface area contributed by atoms with Gasteiger partial charge in [0.25, 0.3) is 0 Å². The number of methoxy groups -OCH3 is 1. The molecule has 206 valence electrons. The summed E-state index contributed by atoms with van der Waals surface area (Å²) >= 11 is 6.99. The van der Waals surface area contributed by atoms with Crippen LogP contribution in [0.25, 0.3) is 0 Å². The molecule has 0 spiro atoms. The van der Waals surface area contributed by atoms with Crippen LogP contribution < -0.4 is 14.2 Å². The molecule has 0 heterocycles. The van der Waals surface area contributed by atoms with Crippen molar-refractivity contribution in [1.29, 1.82) is 0 Å². The molecule has 2 aromatic carbocycles. The largest absolute Gasteiger partial charge is 0.495 e. The molecule has 0 amide bonds. The zero-order valence-corrected chi connectivity index (χ0v) is 25.3. The van der Waals surface area contributed by atoms with Crippen molar-refractivity contribution in [3.63, 3.8) is 0 Å². The van der Waals surface area contributed by atoms with Crippen molar-refractivity contribution in [2.45, 2.75) is 56.6 Å². The molecule has 2 fully saturated rings. The topological polar surface area (TPSA) is 113 Å². The van der Waals surface area contributed by atoms with Crippen molar-refractivity contribution >= 4 is 54.1 Å². The number of rotatable bonds is 11. The summed E-state index contributed by atoms with van der Waals surface area (Å²) in [6.45, 7) is 3.53. The van der Waals surface area contributed by atoms with E-state index < -0.39 is 22.1 Å². The lowest BCUT2D eigenvalue weighted by Crippen LogP contribution is -2.38. The Hall–Kier alpha value is -2.15. The van der Waals surface area contributed by atoms with Crippen LogP contribution in [0.1, 0.15) is 45.1 Å². The van der Waals surface area contributed by atoms with E-state index in [9.17, 15) is 13.2 Å². The third-order valence-corrected chi connectivity index (χ3v) is 9.44. The highest BCUT2D eigenvalue weighted by atomic mass is 79.9. The number of hydrogen-bond donors (Lipinski definition) is 1. The maximum Gasteiger partial charge on any atom is 0.349 e. The summed E-state index contributed by atoms with van der Waals surface area (Å²) in [4.78, 5) is 16.8. The van der Waals surface area contributed by atoms with E-state index in [1.807, 2.05) is 0 Å². The molecule has 4 rings (SSSR count). The molecule has 0 aliphatic heterocycles. The van der Waals surface area contributed by atoms with Crippen molar-refractivity contribution in [3.05, 3.63) is 44.8 Å². The summed E-state index contributed by atoms with van der Waals surface area (Å²) in [5.74, 6) is 1.52. The standard InChI is InChI=1S/C26H30Br2N2O7S/c1-4-35-26(31)15(2)37-29-14-17-10-20(27)25(21(28)11-17)36-19-7-8-23(34-3)24(13-19)38(32,33)30-22-12-16-5-6-18(22)9-16/h7-8,10-11,13-16,18,22,30H,4-6,9,12H2,1-3H3/t15?,16-,18-,22-/m1/s1. The number of nitrogens with zero attached hydrogens (tertiary/aromatic N) is 1. The summed E-state index contributed by atoms with van der Waals surface area (Å²) in [6.07, 6.45) is 4.84. The molecule has 9 nitrogen and oxygen atoms in total. The highest BCUT2D eigenvalue weighted by Crippen LogP contribution is 2.45. The van der Waals surface area contributed by atoms with Crippen LogP contribution >= 0.6 is 31.9 Å². The Morgan fingerprint density at radius 1 is 1.18 bits per heavy atom. The van der Waals surface area contributed by atoms with Gasteiger partial charge >= 0.3 is 5.97 Å². The number of oxime groups is 1. The van der Waals surface area contributed by atoms with Crippen molar-refractivity contribution < 1.29 is 32.3 Å². The monoisotopic (exact) mass is 672 g/mol. The number of sulfonamides is 1. The molecule has 2 aliphatic carbocycles. The van der Waals surface area contributed by atoms with Crippen LogP contribution in [0.15, 0.2) is 49.3 Å². The zero-order valence-electron chi connectivity index (χ0n) is 21.3. The molecule has 0 radical (unpaired) electrons. The van der Waals surface area contributed by atoms with Gasteiger partial charge in [0.1, 0.15) is 16.4 Å². The van der Waals surface area contributed by atoms with Crippen LogP contribution in [0.3, 0.4) is 0 Å². The molecule has 0 saturated heterocycles. The average Bonchev–Trinajstić information content (AvgIpc) is 3.49. The van der Waals surface area contributed by atoms with Gasteiger partial charge in [0.15, 0.2) is 5.75 Å². The number of nitrogens with one attached hydrogen (secondary N) is 1. The molecule has 2 bridgehead atoms. The van der Waals surface area contributed by atoms with Crippen LogP contribution in [0, 0.1) is 11.8 Å². The predicted octanol–water partition coefficient (Wildman–Crippen LogP) is 5.78. The summed E-state index contributed by atoms with van der Waals surface area (Å²) in [5, 5.41) is 3.86. The summed E-state index contributed by atoms with van der Waals surface area (Å²) in [7, 11) is -2.38. The van der Waals surface area contributed by atoms with Crippen LogP contribution in [0.4, 0.5) is 0 Å². The highest BCUT2D eigenvalue weighted by molar-refractivity contribution is 9.11. The SMILES string of the molecule is CCOC(=O)C(C)ON=Cc1cc(Br)c(Oc2ccc(OC)c(S(=O)(=O)N[C@@H]3C[C@@H]4CC[C@@H]3C4)c2)c(Br)c1. The van der Waals surface area contributed by atoms with E-state index in [0.717, 1.165) is 19.3 Å². The molecular formula is C26H30Br2N2O7S. The number of halogens is 2. The number of carbonyl (C=O) groups excluding carboxylic acids is 1. The molecule has 12 heteroatoms. The first-order valence-electron chi connectivity index (χ1n) is 12.3. The Labute approximate surface area is 239 Å². The second kappa shape index (κ2) is 12.4. The third-order valence-electron chi connectivity index (χ3n) is 6.75. The van der Waals surface area contributed by atoms with E-state index in [4.69, 9.17) is 19.0 Å². The Morgan fingerprint density at radius 3 is 2.53 bits per heavy atom. The molecule has 4 atom stereocenters. The average molecular weight is 674 g/mol. The van der Waals surface area contributed by atoms with Gasteiger partial charge in [-0.1, -0.05) is 11.6 Å². The number of carbonyl (C=O) groups is 1. The minimum Gasteiger partial charge on any atom is -0.495 e. The Balaban J connectivity index is 1.50. The molecular weight excluding hydrogens is 644 g/mol. The highest BCUT2D eigenvalue weighted by Gasteiger charge is 2.41. The number of hydrogen-bond acceptors (Lipinski definition) is 8. The zero-order chi connectivity index (χ0) is 27.4. The van der Waals surface area contributed by atoms with E-state index >= 15 is 0 Å².